The summed E-state index contributed by atoms with van der Waals surface area (Å²) in [6.45, 7) is 2.70. The number of hydrogen-bond donors (Lipinski definition) is 3. The van der Waals surface area contributed by atoms with Crippen molar-refractivity contribution >= 4 is 0 Å². The number of pyridine rings is 1. The summed E-state index contributed by atoms with van der Waals surface area (Å²) in [6, 6.07) is 3.31. The highest BCUT2D eigenvalue weighted by atomic mass is 16.5. The lowest BCUT2D eigenvalue weighted by Crippen LogP contribution is -2.18. The summed E-state index contributed by atoms with van der Waals surface area (Å²) in [5.74, 6) is 0. The van der Waals surface area contributed by atoms with Gasteiger partial charge in [0.15, 0.2) is 6.29 Å². The molecule has 0 amide bonds. The zero-order chi connectivity index (χ0) is 13.4. The Labute approximate surface area is 108 Å². The average Bonchev–Trinajstić information content (AvgIpc) is 2.33. The smallest absolute Gasteiger partial charge is 0.178 e. The Morgan fingerprint density at radius 1 is 1.33 bits per heavy atom. The fraction of sp³-hybridized carbons (Fsp3) is 0.615. The minimum Gasteiger partial charge on any atom is -0.364 e. The maximum absolute atomic E-state index is 9.04. The molecule has 0 saturated heterocycles. The molecule has 0 spiro atoms. The van der Waals surface area contributed by atoms with Gasteiger partial charge in [-0.15, -0.1) is 0 Å². The zero-order valence-corrected chi connectivity index (χ0v) is 11.1. The minimum atomic E-state index is -1.42. The van der Waals surface area contributed by atoms with Gasteiger partial charge < -0.3 is 20.4 Å². The van der Waals surface area contributed by atoms with Crippen molar-refractivity contribution in [2.24, 2.45) is 0 Å². The van der Waals surface area contributed by atoms with Crippen molar-refractivity contribution < 1.29 is 10.2 Å². The molecule has 0 saturated carbocycles. The summed E-state index contributed by atoms with van der Waals surface area (Å²) >= 11 is 0. The van der Waals surface area contributed by atoms with Crippen molar-refractivity contribution in [1.29, 1.82) is 0 Å². The molecular weight excluding hydrogens is 230 g/mol. The quantitative estimate of drug-likeness (QED) is 0.465. The van der Waals surface area contributed by atoms with Crippen LogP contribution in [0.1, 0.15) is 30.4 Å². The first-order valence-corrected chi connectivity index (χ1v) is 6.26. The van der Waals surface area contributed by atoms with E-state index in [0.717, 1.165) is 25.2 Å². The molecular formula is C13H23N3O2. The fourth-order valence-electron chi connectivity index (χ4n) is 1.65. The van der Waals surface area contributed by atoms with Crippen LogP contribution in [0.3, 0.4) is 0 Å². The summed E-state index contributed by atoms with van der Waals surface area (Å²) in [5.41, 5.74) is 1.31. The van der Waals surface area contributed by atoms with Crippen LogP contribution in [-0.2, 0) is 6.54 Å². The van der Waals surface area contributed by atoms with Gasteiger partial charge in [-0.2, -0.15) is 0 Å². The number of aliphatic hydroxyl groups is 2. The van der Waals surface area contributed by atoms with E-state index in [1.165, 1.54) is 6.42 Å². The van der Waals surface area contributed by atoms with Crippen molar-refractivity contribution in [3.63, 3.8) is 0 Å². The summed E-state index contributed by atoms with van der Waals surface area (Å²) in [5, 5.41) is 21.4. The summed E-state index contributed by atoms with van der Waals surface area (Å²) in [4.78, 5) is 6.35. The molecule has 1 aromatic rings. The topological polar surface area (TPSA) is 68.6 Å². The fourth-order valence-corrected chi connectivity index (χ4v) is 1.65. The average molecular weight is 253 g/mol. The van der Waals surface area contributed by atoms with Crippen LogP contribution in [0.15, 0.2) is 18.3 Å². The van der Waals surface area contributed by atoms with Crippen molar-refractivity contribution in [1.82, 2.24) is 15.2 Å². The maximum atomic E-state index is 9.04. The monoisotopic (exact) mass is 253 g/mol. The highest BCUT2D eigenvalue weighted by molar-refractivity contribution is 5.17. The van der Waals surface area contributed by atoms with Gasteiger partial charge in [0.2, 0.25) is 0 Å². The molecule has 5 nitrogen and oxygen atoms in total. The van der Waals surface area contributed by atoms with E-state index in [2.05, 4.69) is 29.3 Å². The van der Waals surface area contributed by atoms with Gasteiger partial charge in [-0.1, -0.05) is 0 Å². The first-order valence-electron chi connectivity index (χ1n) is 6.26. The molecule has 102 valence electrons. The summed E-state index contributed by atoms with van der Waals surface area (Å²) in [7, 11) is 4.14. The minimum absolute atomic E-state index is 0.481. The largest absolute Gasteiger partial charge is 0.364 e. The lowest BCUT2D eigenvalue weighted by atomic mass is 10.2. The zero-order valence-electron chi connectivity index (χ0n) is 11.1. The molecule has 1 aromatic heterocycles. The molecule has 0 aromatic carbocycles. The molecule has 0 aliphatic rings. The molecule has 0 aliphatic carbocycles. The van der Waals surface area contributed by atoms with Crippen LogP contribution < -0.4 is 5.32 Å². The number of nitrogens with zero attached hydrogens (tertiary/aromatic N) is 2. The molecule has 1 rings (SSSR count). The van der Waals surface area contributed by atoms with Crippen LogP contribution in [-0.4, -0.2) is 47.3 Å². The van der Waals surface area contributed by atoms with Gasteiger partial charge in [0.25, 0.3) is 0 Å². The third-order valence-corrected chi connectivity index (χ3v) is 2.65. The maximum Gasteiger partial charge on any atom is 0.178 e. The van der Waals surface area contributed by atoms with Crippen molar-refractivity contribution in [3.8, 4) is 0 Å². The van der Waals surface area contributed by atoms with Gasteiger partial charge in [0.1, 0.15) is 0 Å². The number of rotatable bonds is 8. The van der Waals surface area contributed by atoms with Crippen molar-refractivity contribution in [2.75, 3.05) is 27.2 Å². The number of aromatic nitrogens is 1. The second-order valence-corrected chi connectivity index (χ2v) is 4.64. The normalized spacial score (nSPS) is 11.4. The van der Waals surface area contributed by atoms with E-state index in [-0.39, 0.29) is 0 Å². The van der Waals surface area contributed by atoms with Gasteiger partial charge in [0.05, 0.1) is 5.69 Å². The van der Waals surface area contributed by atoms with E-state index in [0.29, 0.717) is 12.1 Å². The first kappa shape index (κ1) is 15.0. The van der Waals surface area contributed by atoms with E-state index in [9.17, 15) is 0 Å². The van der Waals surface area contributed by atoms with Gasteiger partial charge in [-0.3, -0.25) is 4.98 Å². The molecule has 3 N–H and O–H groups in total. The highest BCUT2D eigenvalue weighted by Gasteiger charge is 2.03. The molecule has 0 radical (unpaired) electrons. The van der Waals surface area contributed by atoms with Gasteiger partial charge in [-0.05, 0) is 52.2 Å². The number of hydrogen-bond acceptors (Lipinski definition) is 5. The van der Waals surface area contributed by atoms with E-state index < -0.39 is 6.29 Å². The third-order valence-electron chi connectivity index (χ3n) is 2.65. The van der Waals surface area contributed by atoms with E-state index in [4.69, 9.17) is 10.2 Å². The number of unbranched alkanes of at least 4 members (excludes halogenated alkanes) is 1. The van der Waals surface area contributed by atoms with Crippen LogP contribution in [0.2, 0.25) is 0 Å². The van der Waals surface area contributed by atoms with E-state index >= 15 is 0 Å². The number of nitrogens with one attached hydrogen (secondary N) is 1. The summed E-state index contributed by atoms with van der Waals surface area (Å²) in [6.07, 6.45) is 2.47. The molecule has 0 fully saturated rings. The first-order chi connectivity index (χ1) is 8.59. The van der Waals surface area contributed by atoms with Gasteiger partial charge >= 0.3 is 0 Å². The highest BCUT2D eigenvalue weighted by Crippen LogP contribution is 2.09. The Morgan fingerprint density at radius 3 is 2.78 bits per heavy atom. The lowest BCUT2D eigenvalue weighted by Gasteiger charge is -2.10. The SMILES string of the molecule is CN(C)CCCCNCc1cc(C(O)O)ccn1. The van der Waals surface area contributed by atoms with E-state index in [1.54, 1.807) is 18.3 Å². The van der Waals surface area contributed by atoms with E-state index in [1.807, 2.05) is 0 Å². The van der Waals surface area contributed by atoms with Crippen molar-refractivity contribution in [2.45, 2.75) is 25.7 Å². The predicted octanol–water partition coefficient (Wildman–Crippen LogP) is 0.496. The predicted molar refractivity (Wildman–Crippen MR) is 70.9 cm³/mol. The lowest BCUT2D eigenvalue weighted by molar-refractivity contribution is -0.0426. The van der Waals surface area contributed by atoms with Crippen LogP contribution in [0.25, 0.3) is 0 Å². The Kier molecular flexibility index (Phi) is 6.82. The number of aliphatic hydroxyl groups excluding tert-OH is 1. The molecule has 18 heavy (non-hydrogen) atoms. The Morgan fingerprint density at radius 2 is 2.11 bits per heavy atom. The molecule has 0 bridgehead atoms. The molecule has 0 unspecified atom stereocenters. The van der Waals surface area contributed by atoms with Crippen LogP contribution in [0.4, 0.5) is 0 Å². The Bertz CT molecular complexity index is 343. The Balaban J connectivity index is 2.21. The van der Waals surface area contributed by atoms with Crippen LogP contribution >= 0.6 is 0 Å². The summed E-state index contributed by atoms with van der Waals surface area (Å²) < 4.78 is 0. The second-order valence-electron chi connectivity index (χ2n) is 4.64. The van der Waals surface area contributed by atoms with Crippen LogP contribution in [0.5, 0.6) is 0 Å². The van der Waals surface area contributed by atoms with Crippen molar-refractivity contribution in [3.05, 3.63) is 29.6 Å². The van der Waals surface area contributed by atoms with Crippen LogP contribution in [0, 0.1) is 0 Å². The molecule has 5 heteroatoms. The third kappa shape index (κ3) is 6.07. The molecule has 0 aliphatic heterocycles. The molecule has 1 heterocycles. The standard InChI is InChI=1S/C13H23N3O2/c1-16(2)8-4-3-6-14-10-12-9-11(13(17)18)5-7-15-12/h5,7,9,13-14,17-18H,3-4,6,8,10H2,1-2H3. The molecule has 0 atom stereocenters. The Hall–Kier alpha value is -1.01. The van der Waals surface area contributed by atoms with Gasteiger partial charge in [0, 0.05) is 18.3 Å². The van der Waals surface area contributed by atoms with Gasteiger partial charge in [-0.25, -0.2) is 0 Å². The second kappa shape index (κ2) is 8.16.